The molecule has 5 rings (SSSR count). The Bertz CT molecular complexity index is 1810. The Hall–Kier alpha value is -5.39. The third-order valence-corrected chi connectivity index (χ3v) is 7.16. The van der Waals surface area contributed by atoms with E-state index >= 15 is 0 Å². The van der Waals surface area contributed by atoms with Crippen LogP contribution in [0.3, 0.4) is 0 Å². The number of halogens is 2. The van der Waals surface area contributed by atoms with Crippen LogP contribution in [0.5, 0.6) is 17.2 Å². The molecule has 0 atom stereocenters. The number of benzene rings is 4. The van der Waals surface area contributed by atoms with E-state index in [0.717, 1.165) is 23.3 Å². The molecule has 1 fully saturated rings. The summed E-state index contributed by atoms with van der Waals surface area (Å²) < 4.78 is 17.3. The Morgan fingerprint density at radius 3 is 2.16 bits per heavy atom. The van der Waals surface area contributed by atoms with Crippen molar-refractivity contribution in [2.75, 3.05) is 12.0 Å². The minimum atomic E-state index is -0.997. The van der Waals surface area contributed by atoms with Crippen LogP contribution in [0.4, 0.5) is 16.2 Å². The van der Waals surface area contributed by atoms with Gasteiger partial charge in [0.05, 0.1) is 27.8 Å². The number of urea groups is 1. The number of hydrogen-bond donors (Lipinski definition) is 1. The van der Waals surface area contributed by atoms with Gasteiger partial charge in [-0.3, -0.25) is 25.0 Å². The van der Waals surface area contributed by atoms with E-state index in [9.17, 15) is 24.5 Å². The smallest absolute Gasteiger partial charge is 0.335 e. The summed E-state index contributed by atoms with van der Waals surface area (Å²) in [6.45, 7) is 0.460. The zero-order valence-electron chi connectivity index (χ0n) is 23.5. The molecule has 4 aromatic rings. The zero-order chi connectivity index (χ0) is 32.1. The number of barbiturate groups is 1. The first-order valence-electron chi connectivity index (χ1n) is 13.3. The van der Waals surface area contributed by atoms with Gasteiger partial charge in [0.15, 0.2) is 17.2 Å². The lowest BCUT2D eigenvalue weighted by molar-refractivity contribution is -0.384. The van der Waals surface area contributed by atoms with Crippen LogP contribution in [0.25, 0.3) is 6.08 Å². The van der Waals surface area contributed by atoms with Gasteiger partial charge in [0.2, 0.25) is 0 Å². The fourth-order valence-electron chi connectivity index (χ4n) is 4.39. The van der Waals surface area contributed by atoms with E-state index in [1.54, 1.807) is 12.1 Å². The van der Waals surface area contributed by atoms with E-state index in [1.807, 2.05) is 36.4 Å². The van der Waals surface area contributed by atoms with Gasteiger partial charge in [-0.05, 0) is 59.2 Å². The molecule has 0 aromatic heterocycles. The number of carbonyl (C=O) groups is 3. The van der Waals surface area contributed by atoms with Gasteiger partial charge in [-0.25, -0.2) is 9.69 Å². The normalized spacial score (nSPS) is 13.9. The van der Waals surface area contributed by atoms with Crippen molar-refractivity contribution in [2.45, 2.75) is 13.2 Å². The van der Waals surface area contributed by atoms with Gasteiger partial charge in [-0.15, -0.1) is 0 Å². The van der Waals surface area contributed by atoms with Gasteiger partial charge < -0.3 is 14.2 Å². The number of non-ortho nitro benzene ring substituents is 1. The molecule has 4 aromatic carbocycles. The number of nitro benzene ring substituents is 1. The van der Waals surface area contributed by atoms with E-state index in [-0.39, 0.29) is 44.9 Å². The molecule has 0 unspecified atom stereocenters. The first-order valence-corrected chi connectivity index (χ1v) is 14.0. The third kappa shape index (κ3) is 7.06. The molecule has 1 saturated heterocycles. The van der Waals surface area contributed by atoms with Crippen LogP contribution in [0.1, 0.15) is 16.7 Å². The first kappa shape index (κ1) is 31.0. The summed E-state index contributed by atoms with van der Waals surface area (Å²) in [5, 5.41) is 13.3. The standard InChI is InChI=1S/C32H23Cl2N3O8/c1-43-28-16-20(7-12-27(28)44-17-19-5-3-2-4-6-19)18-45-29-25(33)14-21(15-26(29)34)13-24-30(38)35-32(40)36(31(24)39)22-8-10-23(11-9-22)37(41)42/h2-16H,17-18H2,1H3,(H,35,38,40)/b24-13-. The molecule has 1 aliphatic rings. The predicted octanol–water partition coefficient (Wildman–Crippen LogP) is 6.73. The average Bonchev–Trinajstić information content (AvgIpc) is 3.02. The first-order chi connectivity index (χ1) is 21.6. The number of rotatable bonds is 10. The van der Waals surface area contributed by atoms with Crippen molar-refractivity contribution in [1.82, 2.24) is 5.32 Å². The topological polar surface area (TPSA) is 137 Å². The van der Waals surface area contributed by atoms with E-state index < -0.39 is 22.8 Å². The number of carbonyl (C=O) groups excluding carboxylic acids is 3. The largest absolute Gasteiger partial charge is 0.493 e. The second-order valence-electron chi connectivity index (χ2n) is 9.59. The maximum atomic E-state index is 13.2. The number of ether oxygens (including phenoxy) is 3. The van der Waals surface area contributed by atoms with Crippen molar-refractivity contribution in [3.8, 4) is 17.2 Å². The van der Waals surface area contributed by atoms with E-state index in [1.165, 1.54) is 37.5 Å². The molecular formula is C32H23Cl2N3O8. The highest BCUT2D eigenvalue weighted by Gasteiger charge is 2.37. The minimum absolute atomic E-state index is 0.0359. The molecule has 0 aliphatic carbocycles. The number of nitrogens with zero attached hydrogens (tertiary/aromatic N) is 2. The van der Waals surface area contributed by atoms with Gasteiger partial charge in [-0.2, -0.15) is 0 Å². The molecule has 0 radical (unpaired) electrons. The maximum absolute atomic E-state index is 13.2. The summed E-state index contributed by atoms with van der Waals surface area (Å²) in [5.41, 5.74) is 1.47. The van der Waals surface area contributed by atoms with Crippen molar-refractivity contribution in [2.24, 2.45) is 0 Å². The molecule has 1 aliphatic heterocycles. The molecule has 0 bridgehead atoms. The van der Waals surface area contributed by atoms with Crippen LogP contribution in [0.2, 0.25) is 10.0 Å². The van der Waals surface area contributed by atoms with Crippen LogP contribution in [-0.4, -0.2) is 29.9 Å². The second kappa shape index (κ2) is 13.5. The summed E-state index contributed by atoms with van der Waals surface area (Å²) in [7, 11) is 1.54. The summed E-state index contributed by atoms with van der Waals surface area (Å²) in [5.74, 6) is -0.612. The summed E-state index contributed by atoms with van der Waals surface area (Å²) in [6.07, 6.45) is 1.23. The SMILES string of the molecule is COc1cc(COc2c(Cl)cc(/C=C3/C(=O)NC(=O)N(c4ccc([N+](=O)[O-])cc4)C3=O)cc2Cl)ccc1OCc1ccccc1. The van der Waals surface area contributed by atoms with Gasteiger partial charge in [0.25, 0.3) is 17.5 Å². The number of methoxy groups -OCH3 is 1. The quantitative estimate of drug-likeness (QED) is 0.0865. The lowest BCUT2D eigenvalue weighted by atomic mass is 10.1. The van der Waals surface area contributed by atoms with E-state index in [0.29, 0.717) is 23.0 Å². The van der Waals surface area contributed by atoms with Crippen LogP contribution >= 0.6 is 23.2 Å². The zero-order valence-corrected chi connectivity index (χ0v) is 25.0. The highest BCUT2D eigenvalue weighted by molar-refractivity contribution is 6.40. The Morgan fingerprint density at radius 2 is 1.51 bits per heavy atom. The van der Waals surface area contributed by atoms with Gasteiger partial charge in [0.1, 0.15) is 18.8 Å². The lowest BCUT2D eigenvalue weighted by Gasteiger charge is -2.26. The number of imide groups is 2. The van der Waals surface area contributed by atoms with E-state index in [2.05, 4.69) is 5.32 Å². The Balaban J connectivity index is 1.31. The number of amides is 4. The Morgan fingerprint density at radius 1 is 0.844 bits per heavy atom. The molecule has 228 valence electrons. The van der Waals surface area contributed by atoms with Gasteiger partial charge in [0, 0.05) is 12.1 Å². The predicted molar refractivity (Wildman–Crippen MR) is 167 cm³/mol. The van der Waals surface area contributed by atoms with Crippen LogP contribution in [0.15, 0.2) is 90.5 Å². The minimum Gasteiger partial charge on any atom is -0.493 e. The Labute approximate surface area is 266 Å². The highest BCUT2D eigenvalue weighted by atomic mass is 35.5. The molecule has 0 saturated carbocycles. The highest BCUT2D eigenvalue weighted by Crippen LogP contribution is 2.37. The van der Waals surface area contributed by atoms with Crippen molar-refractivity contribution < 1.29 is 33.5 Å². The lowest BCUT2D eigenvalue weighted by Crippen LogP contribution is -2.54. The fourth-order valence-corrected chi connectivity index (χ4v) is 5.01. The molecule has 1 N–H and O–H groups in total. The van der Waals surface area contributed by atoms with Crippen LogP contribution in [-0.2, 0) is 22.8 Å². The second-order valence-corrected chi connectivity index (χ2v) is 10.4. The summed E-state index contributed by atoms with van der Waals surface area (Å²) >= 11 is 12.9. The fraction of sp³-hybridized carbons (Fsp3) is 0.0938. The molecule has 1 heterocycles. The van der Waals surface area contributed by atoms with E-state index in [4.69, 9.17) is 37.4 Å². The van der Waals surface area contributed by atoms with Crippen molar-refractivity contribution in [3.63, 3.8) is 0 Å². The Kier molecular flexibility index (Phi) is 9.31. The molecule has 45 heavy (non-hydrogen) atoms. The van der Waals surface area contributed by atoms with Crippen molar-refractivity contribution in [1.29, 1.82) is 0 Å². The van der Waals surface area contributed by atoms with Crippen LogP contribution in [0, 0.1) is 10.1 Å². The van der Waals surface area contributed by atoms with Crippen LogP contribution < -0.4 is 24.4 Å². The van der Waals surface area contributed by atoms with Gasteiger partial charge >= 0.3 is 6.03 Å². The molecule has 0 spiro atoms. The number of anilines is 1. The maximum Gasteiger partial charge on any atom is 0.335 e. The number of nitro groups is 1. The molecule has 11 nitrogen and oxygen atoms in total. The molecule has 13 heteroatoms. The third-order valence-electron chi connectivity index (χ3n) is 6.60. The van der Waals surface area contributed by atoms with Crippen molar-refractivity contribution in [3.05, 3.63) is 127 Å². The average molecular weight is 648 g/mol. The number of nitrogens with one attached hydrogen (secondary N) is 1. The summed E-state index contributed by atoms with van der Waals surface area (Å²) in [4.78, 5) is 49.3. The summed E-state index contributed by atoms with van der Waals surface area (Å²) in [6, 6.07) is 21.7. The molecular weight excluding hydrogens is 625 g/mol. The monoisotopic (exact) mass is 647 g/mol. The molecule has 4 amide bonds. The van der Waals surface area contributed by atoms with Crippen molar-refractivity contribution >= 4 is 58.5 Å². The van der Waals surface area contributed by atoms with Gasteiger partial charge in [-0.1, -0.05) is 59.6 Å². The number of hydrogen-bond acceptors (Lipinski definition) is 8.